The molecule has 126 valence electrons. The minimum atomic E-state index is -0.753. The van der Waals surface area contributed by atoms with Crippen molar-refractivity contribution in [2.75, 3.05) is 13.7 Å². The topological polar surface area (TPSA) is 79.4 Å². The van der Waals surface area contributed by atoms with Crippen LogP contribution in [0.3, 0.4) is 0 Å². The molecule has 1 heterocycles. The van der Waals surface area contributed by atoms with E-state index in [1.165, 1.54) is 7.11 Å². The largest absolute Gasteiger partial charge is 0.469 e. The lowest BCUT2D eigenvalue weighted by Gasteiger charge is -2.25. The lowest BCUT2D eigenvalue weighted by Crippen LogP contribution is -2.38. The van der Waals surface area contributed by atoms with E-state index in [0.717, 1.165) is 12.0 Å². The maximum Gasteiger partial charge on any atom is 0.307 e. The maximum atomic E-state index is 11.5. The number of methoxy groups -OCH3 is 1. The molecule has 0 bridgehead atoms. The van der Waals surface area contributed by atoms with Crippen LogP contribution in [0.25, 0.3) is 0 Å². The van der Waals surface area contributed by atoms with Crippen molar-refractivity contribution in [3.8, 4) is 0 Å². The first-order chi connectivity index (χ1) is 10.2. The van der Waals surface area contributed by atoms with E-state index < -0.39 is 5.54 Å². The fourth-order valence-corrected chi connectivity index (χ4v) is 1.99. The van der Waals surface area contributed by atoms with Crippen molar-refractivity contribution < 1.29 is 14.3 Å². The number of esters is 1. The van der Waals surface area contributed by atoms with Crippen LogP contribution < -0.4 is 5.73 Å². The Labute approximate surface area is 133 Å². The standard InChI is InChI=1S/C16H29N3O3/c1-6-16(17,9-14(20)21-5)13-10-18-19(11-13)12-22-8-7-15(2,3)4/h10-11H,6-9,12,17H2,1-5H3/t16-/m0/s1. The number of hydrogen-bond acceptors (Lipinski definition) is 5. The number of nitrogens with zero attached hydrogens (tertiary/aromatic N) is 2. The summed E-state index contributed by atoms with van der Waals surface area (Å²) < 4.78 is 12.0. The highest BCUT2D eigenvalue weighted by Crippen LogP contribution is 2.26. The zero-order valence-electron chi connectivity index (χ0n) is 14.4. The Bertz CT molecular complexity index is 479. The summed E-state index contributed by atoms with van der Waals surface area (Å²) in [7, 11) is 1.37. The van der Waals surface area contributed by atoms with Crippen LogP contribution in [0.4, 0.5) is 0 Å². The number of aromatic nitrogens is 2. The molecule has 0 amide bonds. The van der Waals surface area contributed by atoms with Crippen LogP contribution in [0.2, 0.25) is 0 Å². The minimum absolute atomic E-state index is 0.135. The molecule has 0 aliphatic carbocycles. The van der Waals surface area contributed by atoms with E-state index in [2.05, 4.69) is 25.9 Å². The number of hydrogen-bond donors (Lipinski definition) is 1. The highest BCUT2D eigenvalue weighted by atomic mass is 16.5. The zero-order valence-corrected chi connectivity index (χ0v) is 14.4. The molecular weight excluding hydrogens is 282 g/mol. The molecule has 0 radical (unpaired) electrons. The molecule has 0 aromatic carbocycles. The van der Waals surface area contributed by atoms with Gasteiger partial charge < -0.3 is 15.2 Å². The van der Waals surface area contributed by atoms with Gasteiger partial charge in [-0.2, -0.15) is 5.10 Å². The smallest absolute Gasteiger partial charge is 0.307 e. The SMILES string of the molecule is CC[C@](N)(CC(=O)OC)c1cnn(COCCC(C)(C)C)c1. The number of carbonyl (C=O) groups is 1. The predicted molar refractivity (Wildman–Crippen MR) is 85.0 cm³/mol. The van der Waals surface area contributed by atoms with E-state index in [1.807, 2.05) is 13.1 Å². The molecule has 0 spiro atoms. The minimum Gasteiger partial charge on any atom is -0.469 e. The van der Waals surface area contributed by atoms with Crippen LogP contribution in [0, 0.1) is 5.41 Å². The van der Waals surface area contributed by atoms with Crippen LogP contribution in [-0.4, -0.2) is 29.5 Å². The molecule has 1 aromatic heterocycles. The van der Waals surface area contributed by atoms with Crippen molar-refractivity contribution in [3.63, 3.8) is 0 Å². The van der Waals surface area contributed by atoms with E-state index >= 15 is 0 Å². The first kappa shape index (κ1) is 18.6. The van der Waals surface area contributed by atoms with Crippen molar-refractivity contribution in [2.24, 2.45) is 11.1 Å². The monoisotopic (exact) mass is 311 g/mol. The molecule has 1 atom stereocenters. The molecule has 0 aliphatic heterocycles. The summed E-state index contributed by atoms with van der Waals surface area (Å²) in [5.74, 6) is -0.321. The molecule has 2 N–H and O–H groups in total. The van der Waals surface area contributed by atoms with Crippen molar-refractivity contribution >= 4 is 5.97 Å². The molecule has 6 nitrogen and oxygen atoms in total. The van der Waals surface area contributed by atoms with Gasteiger partial charge in [0.15, 0.2) is 0 Å². The Balaban J connectivity index is 2.60. The molecule has 0 aliphatic rings. The van der Waals surface area contributed by atoms with Gasteiger partial charge in [-0.1, -0.05) is 27.7 Å². The average molecular weight is 311 g/mol. The van der Waals surface area contributed by atoms with Gasteiger partial charge in [0.05, 0.1) is 25.3 Å². The predicted octanol–water partition coefficient (Wildman–Crippen LogP) is 2.42. The van der Waals surface area contributed by atoms with Gasteiger partial charge in [-0.15, -0.1) is 0 Å². The number of rotatable bonds is 8. The summed E-state index contributed by atoms with van der Waals surface area (Å²) in [5, 5.41) is 4.26. The quantitative estimate of drug-likeness (QED) is 0.589. The number of carbonyl (C=O) groups excluding carboxylic acids is 1. The first-order valence-corrected chi connectivity index (χ1v) is 7.66. The van der Waals surface area contributed by atoms with Gasteiger partial charge in [-0.25, -0.2) is 4.68 Å². The third kappa shape index (κ3) is 5.77. The van der Waals surface area contributed by atoms with Gasteiger partial charge in [0.25, 0.3) is 0 Å². The summed E-state index contributed by atoms with van der Waals surface area (Å²) in [4.78, 5) is 11.5. The Hall–Kier alpha value is -1.40. The van der Waals surface area contributed by atoms with E-state index in [4.69, 9.17) is 15.2 Å². The molecule has 1 rings (SSSR count). The Morgan fingerprint density at radius 2 is 2.09 bits per heavy atom. The highest BCUT2D eigenvalue weighted by molar-refractivity contribution is 5.71. The van der Waals surface area contributed by atoms with Gasteiger partial charge in [-0.05, 0) is 18.3 Å². The molecule has 1 aromatic rings. The van der Waals surface area contributed by atoms with Crippen LogP contribution >= 0.6 is 0 Å². The molecule has 6 heteroatoms. The van der Waals surface area contributed by atoms with E-state index in [9.17, 15) is 4.79 Å². The third-order valence-electron chi connectivity index (χ3n) is 3.75. The summed E-state index contributed by atoms with van der Waals surface area (Å²) in [6.07, 6.45) is 5.28. The lowest BCUT2D eigenvalue weighted by atomic mass is 9.87. The second-order valence-corrected chi connectivity index (χ2v) is 6.88. The Kier molecular flexibility index (Phi) is 6.56. The number of ether oxygens (including phenoxy) is 2. The second kappa shape index (κ2) is 7.74. The molecule has 0 unspecified atom stereocenters. The van der Waals surface area contributed by atoms with E-state index in [0.29, 0.717) is 19.8 Å². The van der Waals surface area contributed by atoms with Crippen LogP contribution in [0.1, 0.15) is 52.5 Å². The van der Waals surface area contributed by atoms with Gasteiger partial charge in [0.2, 0.25) is 0 Å². The van der Waals surface area contributed by atoms with Gasteiger partial charge in [-0.3, -0.25) is 4.79 Å². The lowest BCUT2D eigenvalue weighted by molar-refractivity contribution is -0.142. The van der Waals surface area contributed by atoms with Crippen LogP contribution in [0.15, 0.2) is 12.4 Å². The fraction of sp³-hybridized carbons (Fsp3) is 0.750. The van der Waals surface area contributed by atoms with Crippen molar-refractivity contribution in [1.29, 1.82) is 0 Å². The van der Waals surface area contributed by atoms with Crippen molar-refractivity contribution in [3.05, 3.63) is 18.0 Å². The summed E-state index contributed by atoms with van der Waals surface area (Å²) >= 11 is 0. The first-order valence-electron chi connectivity index (χ1n) is 7.66. The Morgan fingerprint density at radius 3 is 2.64 bits per heavy atom. The van der Waals surface area contributed by atoms with Gasteiger partial charge in [0, 0.05) is 18.4 Å². The fourth-order valence-electron chi connectivity index (χ4n) is 1.99. The number of nitrogens with two attached hydrogens (primary N) is 1. The van der Waals surface area contributed by atoms with Gasteiger partial charge >= 0.3 is 5.97 Å². The van der Waals surface area contributed by atoms with Crippen molar-refractivity contribution in [1.82, 2.24) is 9.78 Å². The summed E-state index contributed by atoms with van der Waals surface area (Å²) in [6, 6.07) is 0. The Morgan fingerprint density at radius 1 is 1.41 bits per heavy atom. The molecule has 0 saturated carbocycles. The average Bonchev–Trinajstić information content (AvgIpc) is 2.91. The third-order valence-corrected chi connectivity index (χ3v) is 3.75. The molecule has 0 fully saturated rings. The maximum absolute atomic E-state index is 11.5. The van der Waals surface area contributed by atoms with E-state index in [1.54, 1.807) is 10.9 Å². The van der Waals surface area contributed by atoms with Gasteiger partial charge in [0.1, 0.15) is 6.73 Å². The van der Waals surface area contributed by atoms with Crippen molar-refractivity contribution in [2.45, 2.75) is 59.2 Å². The molecule has 0 saturated heterocycles. The second-order valence-electron chi connectivity index (χ2n) is 6.88. The molecule has 22 heavy (non-hydrogen) atoms. The van der Waals surface area contributed by atoms with Crippen LogP contribution in [0.5, 0.6) is 0 Å². The summed E-state index contributed by atoms with van der Waals surface area (Å²) in [6.45, 7) is 9.55. The highest BCUT2D eigenvalue weighted by Gasteiger charge is 2.30. The zero-order chi connectivity index (χ0) is 16.8. The summed E-state index contributed by atoms with van der Waals surface area (Å²) in [5.41, 5.74) is 6.65. The molecular formula is C16H29N3O3. The van der Waals surface area contributed by atoms with Crippen LogP contribution in [-0.2, 0) is 26.5 Å². The normalized spacial score (nSPS) is 14.6. The van der Waals surface area contributed by atoms with E-state index in [-0.39, 0.29) is 17.8 Å².